The van der Waals surface area contributed by atoms with Crippen LogP contribution in [0.2, 0.25) is 0 Å². The Bertz CT molecular complexity index is 908. The van der Waals surface area contributed by atoms with Gasteiger partial charge in [0.05, 0.1) is 5.54 Å². The van der Waals surface area contributed by atoms with Crippen LogP contribution in [0.25, 0.3) is 22.7 Å². The van der Waals surface area contributed by atoms with Crippen molar-refractivity contribution in [3.05, 3.63) is 58.6 Å². The lowest BCUT2D eigenvalue weighted by Gasteiger charge is -2.17. The van der Waals surface area contributed by atoms with E-state index < -0.39 is 5.54 Å². The van der Waals surface area contributed by atoms with Gasteiger partial charge in [0.15, 0.2) is 5.82 Å². The Kier molecular flexibility index (Phi) is 3.54. The molecule has 0 atom stereocenters. The van der Waals surface area contributed by atoms with Gasteiger partial charge in [-0.05, 0) is 30.5 Å². The van der Waals surface area contributed by atoms with E-state index in [9.17, 15) is 4.79 Å². The standard InChI is InChI=1S/C18H18N4O2/c19-18(10-4-5-11-18)17-21-16(24-22-17)13-8-9-14(20-15(13)23)12-6-2-1-3-7-12/h1-3,6-9H,4-5,10-11,19H2,(H,20,23). The van der Waals surface area contributed by atoms with E-state index in [0.717, 1.165) is 36.9 Å². The quantitative estimate of drug-likeness (QED) is 0.772. The summed E-state index contributed by atoms with van der Waals surface area (Å²) in [6.45, 7) is 0. The summed E-state index contributed by atoms with van der Waals surface area (Å²) >= 11 is 0. The van der Waals surface area contributed by atoms with Crippen molar-refractivity contribution < 1.29 is 4.52 Å². The summed E-state index contributed by atoms with van der Waals surface area (Å²) in [4.78, 5) is 19.6. The fourth-order valence-electron chi connectivity index (χ4n) is 3.19. The first-order chi connectivity index (χ1) is 11.7. The molecule has 1 aliphatic rings. The van der Waals surface area contributed by atoms with Crippen LogP contribution in [-0.2, 0) is 5.54 Å². The molecule has 0 radical (unpaired) electrons. The normalized spacial score (nSPS) is 16.4. The van der Waals surface area contributed by atoms with Crippen LogP contribution in [0.15, 0.2) is 51.8 Å². The summed E-state index contributed by atoms with van der Waals surface area (Å²) in [6.07, 6.45) is 3.81. The van der Waals surface area contributed by atoms with Gasteiger partial charge >= 0.3 is 0 Å². The van der Waals surface area contributed by atoms with E-state index in [-0.39, 0.29) is 11.4 Å². The second-order valence-electron chi connectivity index (χ2n) is 6.27. The SMILES string of the molecule is NC1(c2noc(-c3ccc(-c4ccccc4)[nH]c3=O)n2)CCCC1. The molecule has 6 nitrogen and oxygen atoms in total. The van der Waals surface area contributed by atoms with Crippen LogP contribution in [0.3, 0.4) is 0 Å². The van der Waals surface area contributed by atoms with E-state index in [0.29, 0.717) is 11.4 Å². The van der Waals surface area contributed by atoms with E-state index in [2.05, 4.69) is 15.1 Å². The first-order valence-electron chi connectivity index (χ1n) is 8.08. The van der Waals surface area contributed by atoms with Gasteiger partial charge in [0.1, 0.15) is 5.56 Å². The Morgan fingerprint density at radius 1 is 1.08 bits per heavy atom. The molecular weight excluding hydrogens is 304 g/mol. The summed E-state index contributed by atoms with van der Waals surface area (Å²) in [5, 5.41) is 4.00. The number of hydrogen-bond donors (Lipinski definition) is 2. The second-order valence-corrected chi connectivity index (χ2v) is 6.27. The molecular formula is C18H18N4O2. The van der Waals surface area contributed by atoms with Crippen molar-refractivity contribution in [1.29, 1.82) is 0 Å². The number of rotatable bonds is 3. The van der Waals surface area contributed by atoms with Crippen molar-refractivity contribution in [2.75, 3.05) is 0 Å². The molecule has 2 aromatic heterocycles. The average Bonchev–Trinajstić information content (AvgIpc) is 3.26. The Balaban J connectivity index is 1.68. The Morgan fingerprint density at radius 2 is 1.83 bits per heavy atom. The summed E-state index contributed by atoms with van der Waals surface area (Å²) in [5.41, 5.74) is 7.60. The minimum atomic E-state index is -0.529. The molecule has 0 unspecified atom stereocenters. The van der Waals surface area contributed by atoms with Crippen molar-refractivity contribution in [1.82, 2.24) is 15.1 Å². The number of aromatic nitrogens is 3. The molecule has 0 saturated heterocycles. The second kappa shape index (κ2) is 5.72. The smallest absolute Gasteiger partial charge is 0.263 e. The maximum absolute atomic E-state index is 12.4. The number of pyridine rings is 1. The molecule has 0 amide bonds. The Hall–Kier alpha value is -2.73. The minimum absolute atomic E-state index is 0.211. The van der Waals surface area contributed by atoms with Gasteiger partial charge in [0.2, 0.25) is 0 Å². The van der Waals surface area contributed by atoms with Gasteiger partial charge in [0.25, 0.3) is 11.4 Å². The van der Waals surface area contributed by atoms with Crippen LogP contribution < -0.4 is 11.3 Å². The monoisotopic (exact) mass is 322 g/mol. The number of nitrogens with one attached hydrogen (secondary N) is 1. The van der Waals surface area contributed by atoms with E-state index in [1.807, 2.05) is 36.4 Å². The zero-order valence-corrected chi connectivity index (χ0v) is 13.2. The van der Waals surface area contributed by atoms with Crippen molar-refractivity contribution >= 4 is 0 Å². The van der Waals surface area contributed by atoms with Crippen molar-refractivity contribution in [2.45, 2.75) is 31.2 Å². The molecule has 3 N–H and O–H groups in total. The fourth-order valence-corrected chi connectivity index (χ4v) is 3.19. The maximum atomic E-state index is 12.4. The maximum Gasteiger partial charge on any atom is 0.263 e. The third-order valence-corrected chi connectivity index (χ3v) is 4.59. The first kappa shape index (κ1) is 14.8. The average molecular weight is 322 g/mol. The van der Waals surface area contributed by atoms with Gasteiger partial charge in [-0.25, -0.2) is 0 Å². The van der Waals surface area contributed by atoms with Gasteiger partial charge in [0, 0.05) is 5.69 Å². The Morgan fingerprint density at radius 3 is 2.54 bits per heavy atom. The summed E-state index contributed by atoms with van der Waals surface area (Å²) in [5.74, 6) is 0.698. The van der Waals surface area contributed by atoms with Crippen molar-refractivity contribution in [3.8, 4) is 22.7 Å². The molecule has 0 bridgehead atoms. The molecule has 24 heavy (non-hydrogen) atoms. The predicted octanol–water partition coefficient (Wildman–Crippen LogP) is 2.82. The highest BCUT2D eigenvalue weighted by molar-refractivity contribution is 5.62. The van der Waals surface area contributed by atoms with Crippen LogP contribution in [0.4, 0.5) is 0 Å². The summed E-state index contributed by atoms with van der Waals surface area (Å²) in [6, 6.07) is 13.2. The number of H-pyrrole nitrogens is 1. The van der Waals surface area contributed by atoms with Crippen LogP contribution in [0.5, 0.6) is 0 Å². The lowest BCUT2D eigenvalue weighted by atomic mass is 9.99. The highest BCUT2D eigenvalue weighted by atomic mass is 16.5. The van der Waals surface area contributed by atoms with E-state index in [1.54, 1.807) is 6.07 Å². The fraction of sp³-hybridized carbons (Fsp3) is 0.278. The van der Waals surface area contributed by atoms with Gasteiger partial charge in [-0.1, -0.05) is 48.3 Å². The topological polar surface area (TPSA) is 97.8 Å². The van der Waals surface area contributed by atoms with Crippen LogP contribution >= 0.6 is 0 Å². The predicted molar refractivity (Wildman–Crippen MR) is 90.1 cm³/mol. The summed E-state index contributed by atoms with van der Waals surface area (Å²) < 4.78 is 5.29. The number of hydrogen-bond acceptors (Lipinski definition) is 5. The van der Waals surface area contributed by atoms with Gasteiger partial charge < -0.3 is 15.2 Å². The van der Waals surface area contributed by atoms with Gasteiger partial charge in [-0.15, -0.1) is 0 Å². The third kappa shape index (κ3) is 2.55. The Labute approximate surface area is 138 Å². The zero-order valence-electron chi connectivity index (χ0n) is 13.2. The van der Waals surface area contributed by atoms with E-state index >= 15 is 0 Å². The van der Waals surface area contributed by atoms with Gasteiger partial charge in [-0.3, -0.25) is 4.79 Å². The molecule has 1 aromatic carbocycles. The van der Waals surface area contributed by atoms with E-state index in [4.69, 9.17) is 10.3 Å². The highest BCUT2D eigenvalue weighted by Crippen LogP contribution is 2.35. The number of benzene rings is 1. The minimum Gasteiger partial charge on any atom is -0.334 e. The van der Waals surface area contributed by atoms with Crippen LogP contribution in [-0.4, -0.2) is 15.1 Å². The first-order valence-corrected chi connectivity index (χ1v) is 8.08. The molecule has 0 aliphatic heterocycles. The lowest BCUT2D eigenvalue weighted by molar-refractivity contribution is 0.372. The number of nitrogens with two attached hydrogens (primary N) is 1. The number of aromatic amines is 1. The molecule has 1 aliphatic carbocycles. The molecule has 6 heteroatoms. The molecule has 1 saturated carbocycles. The molecule has 0 spiro atoms. The zero-order chi connectivity index (χ0) is 16.6. The van der Waals surface area contributed by atoms with Crippen molar-refractivity contribution in [2.24, 2.45) is 5.73 Å². The molecule has 3 aromatic rings. The largest absolute Gasteiger partial charge is 0.334 e. The molecule has 1 fully saturated rings. The number of nitrogens with zero attached hydrogens (tertiary/aromatic N) is 2. The molecule has 4 rings (SSSR count). The van der Waals surface area contributed by atoms with Crippen molar-refractivity contribution in [3.63, 3.8) is 0 Å². The molecule has 122 valence electrons. The van der Waals surface area contributed by atoms with Crippen LogP contribution in [0, 0.1) is 0 Å². The highest BCUT2D eigenvalue weighted by Gasteiger charge is 2.36. The van der Waals surface area contributed by atoms with Crippen LogP contribution in [0.1, 0.15) is 31.5 Å². The lowest BCUT2D eigenvalue weighted by Crippen LogP contribution is -2.34. The summed E-state index contributed by atoms with van der Waals surface area (Å²) in [7, 11) is 0. The van der Waals surface area contributed by atoms with E-state index in [1.165, 1.54) is 0 Å². The molecule has 2 heterocycles. The van der Waals surface area contributed by atoms with Gasteiger partial charge in [-0.2, -0.15) is 4.98 Å². The third-order valence-electron chi connectivity index (χ3n) is 4.59.